The number of allylic oxidation sites excluding steroid dienone is 1. The molecule has 0 spiro atoms. The number of hydrogen-bond acceptors (Lipinski definition) is 2. The van der Waals surface area contributed by atoms with Crippen molar-refractivity contribution in [2.24, 2.45) is 0 Å². The Morgan fingerprint density at radius 3 is 2.24 bits per heavy atom. The van der Waals surface area contributed by atoms with E-state index in [1.54, 1.807) is 0 Å². The Morgan fingerprint density at radius 1 is 1.00 bits per heavy atom. The second-order valence-corrected chi connectivity index (χ2v) is 4.77. The summed E-state index contributed by atoms with van der Waals surface area (Å²) in [4.78, 5) is 11.8. The van der Waals surface area contributed by atoms with Gasteiger partial charge in [0.15, 0.2) is 0 Å². The van der Waals surface area contributed by atoms with Gasteiger partial charge in [-0.05, 0) is 30.0 Å². The quantitative estimate of drug-likeness (QED) is 0.739. The molecule has 2 aromatic carbocycles. The van der Waals surface area contributed by atoms with Gasteiger partial charge in [-0.15, -0.1) is 0 Å². The minimum absolute atomic E-state index is 0.180. The van der Waals surface area contributed by atoms with Gasteiger partial charge in [0.2, 0.25) is 0 Å². The van der Waals surface area contributed by atoms with E-state index in [4.69, 9.17) is 4.74 Å². The lowest BCUT2D eigenvalue weighted by Gasteiger charge is -2.08. The molecular weight excluding hydrogens is 260 g/mol. The van der Waals surface area contributed by atoms with Crippen LogP contribution in [0.3, 0.4) is 0 Å². The number of esters is 1. The summed E-state index contributed by atoms with van der Waals surface area (Å²) in [5.74, 6) is -0.180. The Bertz CT molecular complexity index is 585. The van der Waals surface area contributed by atoms with E-state index >= 15 is 0 Å². The Labute approximate surface area is 126 Å². The fourth-order valence-electron chi connectivity index (χ4n) is 2.17. The van der Waals surface area contributed by atoms with Crippen LogP contribution in [0, 0.1) is 0 Å². The lowest BCUT2D eigenvalue weighted by molar-refractivity contribution is -0.141. The molecule has 2 aromatic rings. The van der Waals surface area contributed by atoms with Gasteiger partial charge >= 0.3 is 5.97 Å². The molecule has 0 aliphatic heterocycles. The van der Waals surface area contributed by atoms with E-state index in [0.29, 0.717) is 13.0 Å². The van der Waals surface area contributed by atoms with E-state index in [0.717, 1.165) is 17.6 Å². The van der Waals surface area contributed by atoms with Crippen LogP contribution in [0.1, 0.15) is 24.5 Å². The largest absolute Gasteiger partial charge is 0.466 e. The first-order chi connectivity index (χ1) is 10.3. The zero-order chi connectivity index (χ0) is 14.9. The minimum atomic E-state index is -0.180. The molecule has 0 unspecified atom stereocenters. The normalized spacial score (nSPS) is 11.2. The van der Waals surface area contributed by atoms with Gasteiger partial charge in [-0.1, -0.05) is 66.7 Å². The number of carbonyl (C=O) groups is 1. The second kappa shape index (κ2) is 8.05. The lowest BCUT2D eigenvalue weighted by atomic mass is 10.00. The van der Waals surface area contributed by atoms with Crippen molar-refractivity contribution in [2.45, 2.75) is 19.8 Å². The van der Waals surface area contributed by atoms with Gasteiger partial charge in [0.1, 0.15) is 0 Å². The van der Waals surface area contributed by atoms with Crippen LogP contribution < -0.4 is 0 Å². The van der Waals surface area contributed by atoms with Crippen LogP contribution in [0.15, 0.2) is 66.7 Å². The molecule has 0 aliphatic carbocycles. The highest BCUT2D eigenvalue weighted by molar-refractivity contribution is 5.85. The van der Waals surface area contributed by atoms with Gasteiger partial charge in [-0.25, -0.2) is 0 Å². The highest BCUT2D eigenvalue weighted by atomic mass is 16.5. The molecule has 0 aliphatic rings. The van der Waals surface area contributed by atoms with Crippen molar-refractivity contribution < 1.29 is 9.53 Å². The first kappa shape index (κ1) is 15.0. The van der Waals surface area contributed by atoms with E-state index in [9.17, 15) is 4.79 Å². The van der Waals surface area contributed by atoms with Gasteiger partial charge in [-0.3, -0.25) is 4.79 Å². The summed E-state index contributed by atoms with van der Waals surface area (Å²) >= 11 is 0. The molecule has 108 valence electrons. The summed E-state index contributed by atoms with van der Waals surface area (Å²) in [7, 11) is 0. The summed E-state index contributed by atoms with van der Waals surface area (Å²) in [5.41, 5.74) is 3.31. The molecule has 0 atom stereocenters. The SMILES string of the molecule is CCOC(=O)C/C(=C\Cc1ccccc1)c1ccccc1. The van der Waals surface area contributed by atoms with Gasteiger partial charge in [-0.2, -0.15) is 0 Å². The molecule has 0 fully saturated rings. The molecule has 2 heteroatoms. The maximum atomic E-state index is 11.8. The average Bonchev–Trinajstić information content (AvgIpc) is 2.53. The Morgan fingerprint density at radius 2 is 1.62 bits per heavy atom. The second-order valence-electron chi connectivity index (χ2n) is 4.77. The number of rotatable bonds is 6. The molecule has 0 bridgehead atoms. The summed E-state index contributed by atoms with van der Waals surface area (Å²) in [6.45, 7) is 2.24. The maximum Gasteiger partial charge on any atom is 0.310 e. The number of hydrogen-bond donors (Lipinski definition) is 0. The third-order valence-electron chi connectivity index (χ3n) is 3.21. The topological polar surface area (TPSA) is 26.3 Å². The maximum absolute atomic E-state index is 11.8. The first-order valence-corrected chi connectivity index (χ1v) is 7.23. The molecule has 0 radical (unpaired) electrons. The van der Waals surface area contributed by atoms with Crippen molar-refractivity contribution in [3.05, 3.63) is 77.9 Å². The minimum Gasteiger partial charge on any atom is -0.466 e. The summed E-state index contributed by atoms with van der Waals surface area (Å²) in [6.07, 6.45) is 3.23. The molecule has 0 saturated heterocycles. The monoisotopic (exact) mass is 280 g/mol. The smallest absolute Gasteiger partial charge is 0.310 e. The van der Waals surface area contributed by atoms with Crippen molar-refractivity contribution in [1.29, 1.82) is 0 Å². The van der Waals surface area contributed by atoms with Crippen LogP contribution in [-0.4, -0.2) is 12.6 Å². The Kier molecular flexibility index (Phi) is 5.77. The number of benzene rings is 2. The van der Waals surface area contributed by atoms with Crippen LogP contribution in [0.2, 0.25) is 0 Å². The highest BCUT2D eigenvalue weighted by Crippen LogP contribution is 2.20. The molecule has 0 heterocycles. The highest BCUT2D eigenvalue weighted by Gasteiger charge is 2.08. The van der Waals surface area contributed by atoms with E-state index in [1.807, 2.05) is 55.5 Å². The third kappa shape index (κ3) is 4.92. The molecule has 0 amide bonds. The van der Waals surface area contributed by atoms with E-state index in [-0.39, 0.29) is 5.97 Å². The van der Waals surface area contributed by atoms with Crippen molar-refractivity contribution in [3.8, 4) is 0 Å². The lowest BCUT2D eigenvalue weighted by Crippen LogP contribution is -2.05. The van der Waals surface area contributed by atoms with Crippen LogP contribution in [0.4, 0.5) is 0 Å². The fraction of sp³-hybridized carbons (Fsp3) is 0.211. The molecule has 0 saturated carbocycles. The zero-order valence-corrected chi connectivity index (χ0v) is 12.3. The van der Waals surface area contributed by atoms with Crippen molar-refractivity contribution in [3.63, 3.8) is 0 Å². The van der Waals surface area contributed by atoms with Gasteiger partial charge in [0.05, 0.1) is 13.0 Å². The average molecular weight is 280 g/mol. The molecule has 0 N–H and O–H groups in total. The van der Waals surface area contributed by atoms with Crippen molar-refractivity contribution >= 4 is 11.5 Å². The Balaban J connectivity index is 2.17. The van der Waals surface area contributed by atoms with E-state index in [1.165, 1.54) is 5.56 Å². The fourth-order valence-corrected chi connectivity index (χ4v) is 2.17. The van der Waals surface area contributed by atoms with E-state index < -0.39 is 0 Å². The molecule has 2 nitrogen and oxygen atoms in total. The number of carbonyl (C=O) groups excluding carboxylic acids is 1. The summed E-state index contributed by atoms with van der Waals surface area (Å²) < 4.78 is 5.07. The van der Waals surface area contributed by atoms with Crippen molar-refractivity contribution in [1.82, 2.24) is 0 Å². The third-order valence-corrected chi connectivity index (χ3v) is 3.21. The predicted molar refractivity (Wildman–Crippen MR) is 85.8 cm³/mol. The van der Waals surface area contributed by atoms with Gasteiger partial charge in [0.25, 0.3) is 0 Å². The number of ether oxygens (including phenoxy) is 1. The Hall–Kier alpha value is -2.35. The molecule has 2 rings (SSSR count). The molecular formula is C19H20O2. The first-order valence-electron chi connectivity index (χ1n) is 7.23. The summed E-state index contributed by atoms with van der Waals surface area (Å²) in [6, 6.07) is 20.2. The van der Waals surface area contributed by atoms with Crippen molar-refractivity contribution in [2.75, 3.05) is 6.61 Å². The zero-order valence-electron chi connectivity index (χ0n) is 12.3. The van der Waals surface area contributed by atoms with Crippen LogP contribution >= 0.6 is 0 Å². The molecule has 21 heavy (non-hydrogen) atoms. The van der Waals surface area contributed by atoms with Gasteiger partial charge in [0, 0.05) is 0 Å². The molecule has 0 aromatic heterocycles. The predicted octanol–water partition coefficient (Wildman–Crippen LogP) is 4.27. The standard InChI is InChI=1S/C19H20O2/c1-2-21-19(20)15-18(17-11-7-4-8-12-17)14-13-16-9-5-3-6-10-16/h3-12,14H,2,13,15H2,1H3/b18-14+. The summed E-state index contributed by atoms with van der Waals surface area (Å²) in [5, 5.41) is 0. The van der Waals surface area contributed by atoms with E-state index in [2.05, 4.69) is 18.2 Å². The van der Waals surface area contributed by atoms with Crippen LogP contribution in [-0.2, 0) is 16.0 Å². The van der Waals surface area contributed by atoms with Crippen LogP contribution in [0.25, 0.3) is 5.57 Å². The van der Waals surface area contributed by atoms with Gasteiger partial charge < -0.3 is 4.74 Å². The van der Waals surface area contributed by atoms with Crippen LogP contribution in [0.5, 0.6) is 0 Å².